The highest BCUT2D eigenvalue weighted by atomic mass is 32.2. The SMILES string of the molecule is O=C(Cc1sc2c(c1S(=O)(=O)CC1CC(F)(F)C1)C[C@@H](NC(=O)C(F)(F)F)CC2)[C@H]1C[C@@H]1F. The summed E-state index contributed by atoms with van der Waals surface area (Å²) in [5, 5.41) is 1.87. The maximum atomic E-state index is 13.3. The van der Waals surface area contributed by atoms with E-state index in [1.165, 1.54) is 0 Å². The van der Waals surface area contributed by atoms with Crippen LogP contribution in [0.25, 0.3) is 0 Å². The zero-order valence-corrected chi connectivity index (χ0v) is 18.8. The molecular weight excluding hydrogens is 496 g/mol. The third-order valence-corrected chi connectivity index (χ3v) is 9.72. The van der Waals surface area contributed by atoms with Gasteiger partial charge in [0, 0.05) is 35.1 Å². The fourth-order valence-corrected chi connectivity index (χ4v) is 8.42. The molecule has 2 saturated carbocycles. The highest BCUT2D eigenvalue weighted by Crippen LogP contribution is 2.46. The number of amides is 1. The first-order valence-electron chi connectivity index (χ1n) is 10.4. The van der Waals surface area contributed by atoms with Gasteiger partial charge in [-0.1, -0.05) is 0 Å². The van der Waals surface area contributed by atoms with Gasteiger partial charge >= 0.3 is 12.1 Å². The molecule has 0 unspecified atom stereocenters. The maximum Gasteiger partial charge on any atom is 0.471 e. The van der Waals surface area contributed by atoms with Gasteiger partial charge in [0.25, 0.3) is 0 Å². The van der Waals surface area contributed by atoms with Crippen molar-refractivity contribution >= 4 is 32.9 Å². The van der Waals surface area contributed by atoms with Crippen molar-refractivity contribution in [3.05, 3.63) is 15.3 Å². The standard InChI is InChI=1S/C20H21F6NO4S2/c21-13-4-11(13)14(28)5-16-17(33(30,31)8-9-6-19(22,23)7-9)12-3-10(1-2-15(12)32-16)27-18(29)20(24,25)26/h9-11,13H,1-8H2,(H,27,29)/t10-,11-,13-/m0/s1. The lowest BCUT2D eigenvalue weighted by Crippen LogP contribution is -2.45. The van der Waals surface area contributed by atoms with Crippen LogP contribution < -0.4 is 5.32 Å². The third kappa shape index (κ3) is 5.23. The number of alkyl halides is 6. The van der Waals surface area contributed by atoms with E-state index >= 15 is 0 Å². The highest BCUT2D eigenvalue weighted by Gasteiger charge is 2.48. The Balaban J connectivity index is 1.62. The first-order chi connectivity index (χ1) is 15.2. The molecule has 0 radical (unpaired) electrons. The molecule has 0 spiro atoms. The number of aryl methyl sites for hydroxylation is 1. The van der Waals surface area contributed by atoms with E-state index in [1.54, 1.807) is 0 Å². The predicted octanol–water partition coefficient (Wildman–Crippen LogP) is 3.57. The lowest BCUT2D eigenvalue weighted by atomic mass is 9.83. The molecule has 184 valence electrons. The first-order valence-corrected chi connectivity index (χ1v) is 12.9. The molecule has 0 aliphatic heterocycles. The first kappa shape index (κ1) is 24.5. The normalized spacial score (nSPS) is 26.9. The molecule has 13 heteroatoms. The second-order valence-electron chi connectivity index (χ2n) is 9.08. The van der Waals surface area contributed by atoms with Crippen LogP contribution in [0.1, 0.15) is 41.0 Å². The van der Waals surface area contributed by atoms with Crippen LogP contribution in [0, 0.1) is 11.8 Å². The molecule has 0 aromatic carbocycles. The van der Waals surface area contributed by atoms with E-state index in [0.29, 0.717) is 4.88 Å². The molecule has 3 aliphatic carbocycles. The Bertz CT molecular complexity index is 1070. The fraction of sp³-hybridized carbons (Fsp3) is 0.700. The molecule has 1 amide bonds. The van der Waals surface area contributed by atoms with Gasteiger partial charge in [0.1, 0.15) is 12.0 Å². The van der Waals surface area contributed by atoms with Crippen LogP contribution >= 0.6 is 11.3 Å². The van der Waals surface area contributed by atoms with Crippen molar-refractivity contribution in [1.82, 2.24) is 5.32 Å². The third-order valence-electron chi connectivity index (χ3n) is 6.28. The van der Waals surface area contributed by atoms with Crippen molar-refractivity contribution < 1.29 is 44.3 Å². The number of halogens is 6. The number of Topliss-reactive ketones (excluding diaryl/α,β-unsaturated/α-hetero) is 1. The Labute approximate surface area is 189 Å². The largest absolute Gasteiger partial charge is 0.471 e. The summed E-state index contributed by atoms with van der Waals surface area (Å²) in [4.78, 5) is 24.2. The van der Waals surface area contributed by atoms with Crippen LogP contribution in [0.5, 0.6) is 0 Å². The predicted molar refractivity (Wildman–Crippen MR) is 106 cm³/mol. The summed E-state index contributed by atoms with van der Waals surface area (Å²) in [6.45, 7) is 0. The van der Waals surface area contributed by atoms with E-state index in [0.717, 1.165) is 11.3 Å². The number of carbonyl (C=O) groups is 2. The van der Waals surface area contributed by atoms with Crippen LogP contribution in [-0.2, 0) is 38.7 Å². The Morgan fingerprint density at radius 3 is 2.36 bits per heavy atom. The summed E-state index contributed by atoms with van der Waals surface area (Å²) in [5.74, 6) is -7.67. The van der Waals surface area contributed by atoms with Gasteiger partial charge in [0.15, 0.2) is 9.84 Å². The summed E-state index contributed by atoms with van der Waals surface area (Å²) in [6.07, 6.45) is -7.65. The van der Waals surface area contributed by atoms with E-state index in [4.69, 9.17) is 0 Å². The molecule has 0 bridgehead atoms. The van der Waals surface area contributed by atoms with E-state index < -0.39 is 76.3 Å². The average Bonchev–Trinajstić information content (AvgIpc) is 3.26. The molecule has 4 rings (SSSR count). The zero-order chi connectivity index (χ0) is 24.3. The Morgan fingerprint density at radius 1 is 1.18 bits per heavy atom. The molecule has 2 fully saturated rings. The van der Waals surface area contributed by atoms with Gasteiger partial charge in [-0.25, -0.2) is 21.6 Å². The molecule has 5 nitrogen and oxygen atoms in total. The number of sulfone groups is 1. The molecule has 1 heterocycles. The second-order valence-corrected chi connectivity index (χ2v) is 12.2. The molecule has 33 heavy (non-hydrogen) atoms. The van der Waals surface area contributed by atoms with Crippen LogP contribution in [0.15, 0.2) is 4.90 Å². The lowest BCUT2D eigenvalue weighted by molar-refractivity contribution is -0.174. The Kier molecular flexibility index (Phi) is 6.12. The minimum Gasteiger partial charge on any atom is -0.345 e. The van der Waals surface area contributed by atoms with Gasteiger partial charge in [-0.3, -0.25) is 9.59 Å². The number of fused-ring (bicyclic) bond motifs is 1. The summed E-state index contributed by atoms with van der Waals surface area (Å²) >= 11 is 1.04. The quantitative estimate of drug-likeness (QED) is 0.561. The van der Waals surface area contributed by atoms with Crippen molar-refractivity contribution in [2.24, 2.45) is 11.8 Å². The molecule has 0 saturated heterocycles. The topological polar surface area (TPSA) is 80.3 Å². The van der Waals surface area contributed by atoms with Crippen molar-refractivity contribution in [3.63, 3.8) is 0 Å². The lowest BCUT2D eigenvalue weighted by Gasteiger charge is -2.34. The van der Waals surface area contributed by atoms with Crippen LogP contribution in [-0.4, -0.2) is 50.2 Å². The number of thiophene rings is 1. The molecule has 3 aliphatic rings. The summed E-state index contributed by atoms with van der Waals surface area (Å²) in [5.41, 5.74) is 0.222. The van der Waals surface area contributed by atoms with Gasteiger partial charge in [-0.15, -0.1) is 11.3 Å². The minimum atomic E-state index is -5.09. The Morgan fingerprint density at radius 2 is 1.82 bits per heavy atom. The van der Waals surface area contributed by atoms with Gasteiger partial charge in [0.05, 0.1) is 16.6 Å². The van der Waals surface area contributed by atoms with E-state index in [1.807, 2.05) is 5.32 Å². The number of rotatable bonds is 7. The Hall–Kier alpha value is -1.63. The average molecular weight is 518 g/mol. The molecular formula is C20H21F6NO4S2. The fourth-order valence-electron chi connectivity index (χ4n) is 4.56. The molecule has 3 atom stereocenters. The summed E-state index contributed by atoms with van der Waals surface area (Å²) in [7, 11) is -4.15. The van der Waals surface area contributed by atoms with Gasteiger partial charge in [-0.2, -0.15) is 13.2 Å². The number of hydrogen-bond donors (Lipinski definition) is 1. The summed E-state index contributed by atoms with van der Waals surface area (Å²) in [6, 6.07) is -0.967. The summed E-state index contributed by atoms with van der Waals surface area (Å²) < 4.78 is 104. The highest BCUT2D eigenvalue weighted by molar-refractivity contribution is 7.91. The van der Waals surface area contributed by atoms with Gasteiger partial charge < -0.3 is 5.32 Å². The van der Waals surface area contributed by atoms with Gasteiger partial charge in [0.2, 0.25) is 5.92 Å². The van der Waals surface area contributed by atoms with Crippen LogP contribution in [0.3, 0.4) is 0 Å². The number of carbonyl (C=O) groups excluding carboxylic acids is 2. The second kappa shape index (κ2) is 8.24. The van der Waals surface area contributed by atoms with E-state index in [-0.39, 0.29) is 47.4 Å². The monoisotopic (exact) mass is 517 g/mol. The van der Waals surface area contributed by atoms with Crippen LogP contribution in [0.4, 0.5) is 26.3 Å². The van der Waals surface area contributed by atoms with Crippen LogP contribution in [0.2, 0.25) is 0 Å². The van der Waals surface area contributed by atoms with E-state index in [9.17, 15) is 44.3 Å². The minimum absolute atomic E-state index is 0.0642. The van der Waals surface area contributed by atoms with Crippen molar-refractivity contribution in [2.75, 3.05) is 5.75 Å². The van der Waals surface area contributed by atoms with Crippen molar-refractivity contribution in [3.8, 4) is 0 Å². The number of nitrogens with one attached hydrogen (secondary N) is 1. The molecule has 1 aromatic rings. The molecule has 1 N–H and O–H groups in total. The zero-order valence-electron chi connectivity index (χ0n) is 17.2. The number of hydrogen-bond acceptors (Lipinski definition) is 5. The van der Waals surface area contributed by atoms with Gasteiger partial charge in [-0.05, 0) is 37.2 Å². The van der Waals surface area contributed by atoms with Crippen molar-refractivity contribution in [2.45, 2.75) is 74.2 Å². The smallest absolute Gasteiger partial charge is 0.345 e. The van der Waals surface area contributed by atoms with E-state index in [2.05, 4.69) is 0 Å². The number of ketones is 1. The molecule has 1 aromatic heterocycles. The van der Waals surface area contributed by atoms with Crippen molar-refractivity contribution in [1.29, 1.82) is 0 Å². The maximum absolute atomic E-state index is 13.3.